The summed E-state index contributed by atoms with van der Waals surface area (Å²) in [7, 11) is 3.14. The van der Waals surface area contributed by atoms with Gasteiger partial charge in [-0.1, -0.05) is 17.7 Å². The van der Waals surface area contributed by atoms with Gasteiger partial charge >= 0.3 is 0 Å². The Kier molecular flexibility index (Phi) is 4.68. The number of carbonyl (C=O) groups excluding carboxylic acids is 1. The molecule has 1 aromatic heterocycles. The van der Waals surface area contributed by atoms with E-state index in [-0.39, 0.29) is 23.3 Å². The van der Waals surface area contributed by atoms with Crippen molar-refractivity contribution in [3.8, 4) is 22.8 Å². The maximum Gasteiger partial charge on any atom is 0.226 e. The van der Waals surface area contributed by atoms with Crippen LogP contribution in [-0.2, 0) is 4.79 Å². The molecule has 1 unspecified atom stereocenters. The molecule has 1 aliphatic rings. The highest BCUT2D eigenvalue weighted by atomic mass is 35.5. The highest BCUT2D eigenvalue weighted by Crippen LogP contribution is 2.45. The summed E-state index contributed by atoms with van der Waals surface area (Å²) in [5.74, 6) is 0.676. The van der Waals surface area contributed by atoms with Crippen molar-refractivity contribution in [3.05, 3.63) is 58.4 Å². The van der Waals surface area contributed by atoms with Crippen molar-refractivity contribution in [2.75, 3.05) is 19.5 Å². The number of benzene rings is 2. The lowest BCUT2D eigenvalue weighted by molar-refractivity contribution is -0.116. The lowest BCUT2D eigenvalue weighted by atomic mass is 9.84. The number of hydrogen-bond acceptors (Lipinski definition) is 4. The number of carbonyl (C=O) groups is 1. The van der Waals surface area contributed by atoms with Crippen molar-refractivity contribution in [3.63, 3.8) is 0 Å². The average molecular weight is 402 g/mol. The van der Waals surface area contributed by atoms with Crippen molar-refractivity contribution in [2.45, 2.75) is 12.3 Å². The number of halogens is 2. The molecule has 0 saturated heterocycles. The van der Waals surface area contributed by atoms with Crippen LogP contribution in [-0.4, -0.2) is 30.3 Å². The number of anilines is 1. The van der Waals surface area contributed by atoms with Gasteiger partial charge in [0.05, 0.1) is 19.9 Å². The summed E-state index contributed by atoms with van der Waals surface area (Å²) in [5, 5.41) is 10.3. The van der Waals surface area contributed by atoms with Crippen LogP contribution in [0.15, 0.2) is 36.4 Å². The van der Waals surface area contributed by atoms with Gasteiger partial charge in [0, 0.05) is 34.6 Å². The third-order valence-electron chi connectivity index (χ3n) is 4.82. The van der Waals surface area contributed by atoms with Gasteiger partial charge in [0.25, 0.3) is 0 Å². The Balaban J connectivity index is 1.89. The van der Waals surface area contributed by atoms with Gasteiger partial charge in [-0.15, -0.1) is 0 Å². The molecule has 0 radical (unpaired) electrons. The van der Waals surface area contributed by atoms with Crippen LogP contribution in [0, 0.1) is 5.82 Å². The Bertz CT molecular complexity index is 1070. The van der Waals surface area contributed by atoms with Crippen molar-refractivity contribution in [1.29, 1.82) is 0 Å². The van der Waals surface area contributed by atoms with Gasteiger partial charge in [0.15, 0.2) is 5.82 Å². The highest BCUT2D eigenvalue weighted by molar-refractivity contribution is 6.31. The van der Waals surface area contributed by atoms with Crippen molar-refractivity contribution < 1.29 is 18.7 Å². The minimum atomic E-state index is -0.432. The van der Waals surface area contributed by atoms with Gasteiger partial charge in [-0.05, 0) is 29.8 Å². The number of aromatic nitrogens is 2. The van der Waals surface area contributed by atoms with Crippen LogP contribution >= 0.6 is 11.6 Å². The van der Waals surface area contributed by atoms with E-state index in [1.165, 1.54) is 12.1 Å². The number of hydrogen-bond donors (Lipinski definition) is 2. The standard InChI is InChI=1S/C20H17ClFN3O3/c1-27-11-4-6-13(16(8-11)28-2)19-18-14(9-17(26)23-20(18)25-24-19)12-5-3-10(22)7-15(12)21/h3-8,14H,9H2,1-2H3,(H2,23,24,25,26). The fourth-order valence-electron chi connectivity index (χ4n) is 3.52. The summed E-state index contributed by atoms with van der Waals surface area (Å²) < 4.78 is 24.3. The third kappa shape index (κ3) is 3.07. The van der Waals surface area contributed by atoms with Gasteiger partial charge in [0.2, 0.25) is 5.91 Å². The molecular formula is C20H17ClFN3O3. The topological polar surface area (TPSA) is 76.2 Å². The summed E-state index contributed by atoms with van der Waals surface area (Å²) in [6.45, 7) is 0. The number of ether oxygens (including phenoxy) is 2. The maximum atomic E-state index is 13.5. The van der Waals surface area contributed by atoms with Crippen LogP contribution in [0.1, 0.15) is 23.5 Å². The normalized spacial score (nSPS) is 15.7. The summed E-state index contributed by atoms with van der Waals surface area (Å²) in [6, 6.07) is 9.62. The van der Waals surface area contributed by atoms with E-state index in [4.69, 9.17) is 21.1 Å². The predicted octanol–water partition coefficient (Wildman–Crippen LogP) is 4.36. The van der Waals surface area contributed by atoms with Gasteiger partial charge in [-0.25, -0.2) is 4.39 Å². The zero-order valence-corrected chi connectivity index (χ0v) is 15.9. The smallest absolute Gasteiger partial charge is 0.226 e. The van der Waals surface area contributed by atoms with Crippen molar-refractivity contribution >= 4 is 23.3 Å². The maximum absolute atomic E-state index is 13.5. The lowest BCUT2D eigenvalue weighted by Gasteiger charge is -2.24. The molecule has 0 saturated carbocycles. The van der Waals surface area contributed by atoms with Gasteiger partial charge < -0.3 is 14.8 Å². The molecule has 0 spiro atoms. The minimum Gasteiger partial charge on any atom is -0.497 e. The lowest BCUT2D eigenvalue weighted by Crippen LogP contribution is -2.23. The van der Waals surface area contributed by atoms with Crippen LogP contribution in [0.3, 0.4) is 0 Å². The van der Waals surface area contributed by atoms with Crippen molar-refractivity contribution in [1.82, 2.24) is 10.2 Å². The second kappa shape index (κ2) is 7.16. The van der Waals surface area contributed by atoms with E-state index in [1.807, 2.05) is 12.1 Å². The zero-order valence-electron chi connectivity index (χ0n) is 15.2. The molecule has 0 fully saturated rings. The summed E-state index contributed by atoms with van der Waals surface area (Å²) in [5.41, 5.74) is 2.89. The zero-order chi connectivity index (χ0) is 19.8. The molecule has 4 rings (SSSR count). The van der Waals surface area contributed by atoms with E-state index in [2.05, 4.69) is 15.5 Å². The Morgan fingerprint density at radius 1 is 1.18 bits per heavy atom. The molecule has 144 valence electrons. The third-order valence-corrected chi connectivity index (χ3v) is 5.14. The molecule has 28 heavy (non-hydrogen) atoms. The second-order valence-corrected chi connectivity index (χ2v) is 6.81. The fraction of sp³-hybridized carbons (Fsp3) is 0.200. The molecule has 8 heteroatoms. The Hall–Kier alpha value is -3.06. The molecule has 1 aliphatic heterocycles. The number of nitrogens with zero attached hydrogens (tertiary/aromatic N) is 1. The number of aromatic amines is 1. The largest absolute Gasteiger partial charge is 0.497 e. The molecule has 2 heterocycles. The quantitative estimate of drug-likeness (QED) is 0.681. The van der Waals surface area contributed by atoms with Crippen LogP contribution in [0.2, 0.25) is 5.02 Å². The Morgan fingerprint density at radius 3 is 2.71 bits per heavy atom. The number of fused-ring (bicyclic) bond motifs is 1. The Morgan fingerprint density at radius 2 is 2.00 bits per heavy atom. The molecule has 0 aliphatic carbocycles. The van der Waals surface area contributed by atoms with E-state index in [9.17, 15) is 9.18 Å². The summed E-state index contributed by atoms with van der Waals surface area (Å²) in [6.07, 6.45) is 0.170. The van der Waals surface area contributed by atoms with Crippen LogP contribution in [0.4, 0.5) is 10.2 Å². The number of methoxy groups -OCH3 is 2. The number of amides is 1. The second-order valence-electron chi connectivity index (χ2n) is 6.40. The SMILES string of the molecule is COc1ccc(-c2[nH]nc3c2C(c2ccc(F)cc2Cl)CC(=O)N3)c(OC)c1. The molecule has 3 aromatic rings. The van der Waals surface area contributed by atoms with Crippen LogP contribution in [0.5, 0.6) is 11.5 Å². The number of nitrogens with one attached hydrogen (secondary N) is 2. The van der Waals surface area contributed by atoms with E-state index < -0.39 is 5.82 Å². The molecule has 1 atom stereocenters. The summed E-state index contributed by atoms with van der Waals surface area (Å²) in [4.78, 5) is 12.2. The fourth-order valence-corrected chi connectivity index (χ4v) is 3.81. The first-order chi connectivity index (χ1) is 13.5. The summed E-state index contributed by atoms with van der Waals surface area (Å²) >= 11 is 6.30. The van der Waals surface area contributed by atoms with E-state index in [0.717, 1.165) is 11.1 Å². The van der Waals surface area contributed by atoms with E-state index in [1.54, 1.807) is 26.4 Å². The first-order valence-electron chi connectivity index (χ1n) is 8.57. The number of rotatable bonds is 4. The van der Waals surface area contributed by atoms with Crippen molar-refractivity contribution in [2.24, 2.45) is 0 Å². The van der Waals surface area contributed by atoms with Crippen LogP contribution in [0.25, 0.3) is 11.3 Å². The minimum absolute atomic E-state index is 0.170. The monoisotopic (exact) mass is 401 g/mol. The Labute approximate surface area is 165 Å². The van der Waals surface area contributed by atoms with E-state index >= 15 is 0 Å². The highest BCUT2D eigenvalue weighted by Gasteiger charge is 2.34. The van der Waals surface area contributed by atoms with E-state index in [0.29, 0.717) is 28.6 Å². The predicted molar refractivity (Wildman–Crippen MR) is 104 cm³/mol. The molecule has 6 nitrogen and oxygen atoms in total. The van der Waals surface area contributed by atoms with Crippen LogP contribution < -0.4 is 14.8 Å². The average Bonchev–Trinajstić information content (AvgIpc) is 3.10. The molecule has 2 N–H and O–H groups in total. The first kappa shape index (κ1) is 18.3. The van der Waals surface area contributed by atoms with Gasteiger partial charge in [-0.2, -0.15) is 5.10 Å². The van der Waals surface area contributed by atoms with Gasteiger partial charge in [0.1, 0.15) is 17.3 Å². The number of H-pyrrole nitrogens is 1. The first-order valence-corrected chi connectivity index (χ1v) is 8.95. The molecule has 2 aromatic carbocycles. The molecule has 1 amide bonds. The molecular weight excluding hydrogens is 385 g/mol. The van der Waals surface area contributed by atoms with Gasteiger partial charge in [-0.3, -0.25) is 9.89 Å². The molecule has 0 bridgehead atoms.